The number of nitrogens with two attached hydrogens (primary N) is 1. The Morgan fingerprint density at radius 2 is 2.37 bits per heavy atom. The van der Waals surface area contributed by atoms with Crippen LogP contribution in [0.15, 0.2) is 18.3 Å². The third kappa shape index (κ3) is 3.34. The molecule has 2 rings (SSSR count). The lowest BCUT2D eigenvalue weighted by Gasteiger charge is -2.02. The van der Waals surface area contributed by atoms with Crippen molar-refractivity contribution >= 4 is 22.4 Å². The van der Waals surface area contributed by atoms with Crippen molar-refractivity contribution in [1.29, 1.82) is 0 Å². The molecule has 3 N–H and O–H groups in total. The molecule has 0 aliphatic heterocycles. The van der Waals surface area contributed by atoms with Crippen LogP contribution in [0.4, 0.5) is 5.13 Å². The number of hydrogen-bond donors (Lipinski definition) is 2. The zero-order chi connectivity index (χ0) is 13.7. The summed E-state index contributed by atoms with van der Waals surface area (Å²) in [6.45, 7) is 2.04. The molecule has 2 aromatic heterocycles. The van der Waals surface area contributed by atoms with Crippen LogP contribution in [-0.4, -0.2) is 27.6 Å². The van der Waals surface area contributed by atoms with Crippen molar-refractivity contribution in [2.45, 2.75) is 6.92 Å². The number of carbonyl (C=O) groups is 1. The number of nitrogens with one attached hydrogen (secondary N) is 1. The first kappa shape index (κ1) is 13.1. The molecule has 0 saturated heterocycles. The molecule has 0 aliphatic rings. The first-order valence-corrected chi connectivity index (χ1v) is 6.28. The lowest BCUT2D eigenvalue weighted by Crippen LogP contribution is -2.15. The van der Waals surface area contributed by atoms with Gasteiger partial charge >= 0.3 is 0 Å². The second kappa shape index (κ2) is 6.04. The second-order valence-electron chi connectivity index (χ2n) is 3.49. The van der Waals surface area contributed by atoms with Gasteiger partial charge in [-0.1, -0.05) is 23.2 Å². The summed E-state index contributed by atoms with van der Waals surface area (Å²) in [5.41, 5.74) is 6.10. The highest BCUT2D eigenvalue weighted by molar-refractivity contribution is 7.15. The van der Waals surface area contributed by atoms with Crippen molar-refractivity contribution in [2.75, 3.05) is 11.9 Å². The van der Waals surface area contributed by atoms with Gasteiger partial charge in [0, 0.05) is 6.20 Å². The molecule has 19 heavy (non-hydrogen) atoms. The van der Waals surface area contributed by atoms with E-state index in [0.29, 0.717) is 10.7 Å². The van der Waals surface area contributed by atoms with E-state index in [1.54, 1.807) is 12.1 Å². The van der Waals surface area contributed by atoms with Gasteiger partial charge in [-0.05, 0) is 19.1 Å². The summed E-state index contributed by atoms with van der Waals surface area (Å²) in [6.07, 6.45) is 1.54. The summed E-state index contributed by atoms with van der Waals surface area (Å²) in [4.78, 5) is 16.1. The molecule has 0 radical (unpaired) electrons. The van der Waals surface area contributed by atoms with Gasteiger partial charge in [-0.25, -0.2) is 4.98 Å². The average molecular weight is 273 g/mol. The van der Waals surface area contributed by atoms with Gasteiger partial charge in [-0.15, -0.1) is 10.2 Å². The lowest BCUT2D eigenvalue weighted by atomic mass is 10.2. The molecule has 1 amide bonds. The van der Waals surface area contributed by atoms with Gasteiger partial charge in [0.15, 0.2) is 0 Å². The van der Waals surface area contributed by atoms with E-state index < -0.39 is 0 Å². The molecule has 96 valence electrons. The van der Waals surface area contributed by atoms with Crippen molar-refractivity contribution in [3.8, 4) is 11.8 Å². The Morgan fingerprint density at radius 3 is 3.05 bits per heavy atom. The van der Waals surface area contributed by atoms with Crippen molar-refractivity contribution in [3.63, 3.8) is 0 Å². The molecule has 2 aromatic rings. The number of rotatable bonds is 2. The predicted octanol–water partition coefficient (Wildman–Crippen LogP) is 0.804. The first-order valence-electron chi connectivity index (χ1n) is 5.46. The number of amides is 1. The number of aromatic nitrogens is 3. The Kier molecular flexibility index (Phi) is 4.18. The van der Waals surface area contributed by atoms with Gasteiger partial charge in [0.25, 0.3) is 5.91 Å². The van der Waals surface area contributed by atoms with E-state index in [1.807, 2.05) is 6.92 Å². The van der Waals surface area contributed by atoms with Crippen LogP contribution < -0.4 is 11.1 Å². The van der Waals surface area contributed by atoms with Crippen LogP contribution in [0.5, 0.6) is 0 Å². The van der Waals surface area contributed by atoms with Gasteiger partial charge in [0.05, 0.1) is 12.1 Å². The molecule has 7 heteroatoms. The maximum atomic E-state index is 12.1. The van der Waals surface area contributed by atoms with Crippen molar-refractivity contribution in [1.82, 2.24) is 15.2 Å². The smallest absolute Gasteiger partial charge is 0.277 e. The molecule has 2 heterocycles. The molecule has 0 bridgehead atoms. The Hall–Kier alpha value is -2.30. The Bertz CT molecular complexity index is 655. The third-order valence-corrected chi connectivity index (χ3v) is 2.85. The number of anilines is 1. The standard InChI is InChI=1S/C12H11N5OS/c1-8-16-17-12(19-8)15-11(18)10-9(4-2-6-13)5-3-7-14-10/h3,5,7H,6,13H2,1H3,(H,15,17,18). The van der Waals surface area contributed by atoms with Crippen LogP contribution in [0.2, 0.25) is 0 Å². The van der Waals surface area contributed by atoms with Gasteiger partial charge in [0.2, 0.25) is 5.13 Å². The highest BCUT2D eigenvalue weighted by atomic mass is 32.1. The first-order chi connectivity index (χ1) is 9.20. The summed E-state index contributed by atoms with van der Waals surface area (Å²) >= 11 is 1.30. The second-order valence-corrected chi connectivity index (χ2v) is 4.67. The van der Waals surface area contributed by atoms with E-state index in [1.165, 1.54) is 17.5 Å². The minimum atomic E-state index is -0.363. The highest BCUT2D eigenvalue weighted by Gasteiger charge is 2.13. The lowest BCUT2D eigenvalue weighted by molar-refractivity contribution is 0.102. The fraction of sp³-hybridized carbons (Fsp3) is 0.167. The fourth-order valence-corrected chi connectivity index (χ4v) is 1.92. The van der Waals surface area contributed by atoms with E-state index in [2.05, 4.69) is 32.3 Å². The molecule has 0 aromatic carbocycles. The number of aryl methyl sites for hydroxylation is 1. The molecule has 6 nitrogen and oxygen atoms in total. The Balaban J connectivity index is 2.23. The number of pyridine rings is 1. The van der Waals surface area contributed by atoms with E-state index in [9.17, 15) is 4.79 Å². The van der Waals surface area contributed by atoms with Gasteiger partial charge in [0.1, 0.15) is 10.7 Å². The summed E-state index contributed by atoms with van der Waals surface area (Å²) in [5.74, 6) is 5.15. The molecule has 0 atom stereocenters. The highest BCUT2D eigenvalue weighted by Crippen LogP contribution is 2.15. The summed E-state index contributed by atoms with van der Waals surface area (Å²) in [5, 5.41) is 11.5. The van der Waals surface area contributed by atoms with Crippen molar-refractivity contribution in [3.05, 3.63) is 34.6 Å². The van der Waals surface area contributed by atoms with Crippen LogP contribution in [0.3, 0.4) is 0 Å². The normalized spacial score (nSPS) is 9.58. The molecular formula is C12H11N5OS. The molecule has 0 unspecified atom stereocenters. The molecule has 0 aliphatic carbocycles. The van der Waals surface area contributed by atoms with Gasteiger partial charge in [-0.3, -0.25) is 10.1 Å². The summed E-state index contributed by atoms with van der Waals surface area (Å²) < 4.78 is 0. The molecule has 0 spiro atoms. The van der Waals surface area contributed by atoms with Crippen LogP contribution in [0.1, 0.15) is 21.1 Å². The van der Waals surface area contributed by atoms with Gasteiger partial charge in [-0.2, -0.15) is 0 Å². The van der Waals surface area contributed by atoms with Crippen LogP contribution in [0, 0.1) is 18.8 Å². The van der Waals surface area contributed by atoms with E-state index in [0.717, 1.165) is 5.01 Å². The monoisotopic (exact) mass is 273 g/mol. The maximum Gasteiger partial charge on any atom is 0.277 e. The number of hydrogen-bond acceptors (Lipinski definition) is 6. The minimum Gasteiger partial charge on any atom is -0.320 e. The fourth-order valence-electron chi connectivity index (χ4n) is 1.34. The molecular weight excluding hydrogens is 262 g/mol. The van der Waals surface area contributed by atoms with E-state index in [-0.39, 0.29) is 18.1 Å². The third-order valence-electron chi connectivity index (χ3n) is 2.09. The summed E-state index contributed by atoms with van der Waals surface area (Å²) in [6, 6.07) is 3.43. The molecule has 0 saturated carbocycles. The van der Waals surface area contributed by atoms with Crippen LogP contribution in [0.25, 0.3) is 0 Å². The quantitative estimate of drug-likeness (QED) is 0.789. The van der Waals surface area contributed by atoms with Crippen LogP contribution >= 0.6 is 11.3 Å². The number of carbonyl (C=O) groups excluding carboxylic acids is 1. The number of nitrogens with zero attached hydrogens (tertiary/aromatic N) is 3. The zero-order valence-electron chi connectivity index (χ0n) is 10.2. The molecule has 0 fully saturated rings. The Labute approximate surface area is 114 Å². The predicted molar refractivity (Wildman–Crippen MR) is 72.8 cm³/mol. The van der Waals surface area contributed by atoms with Crippen molar-refractivity contribution < 1.29 is 4.79 Å². The largest absolute Gasteiger partial charge is 0.320 e. The SMILES string of the molecule is Cc1nnc(NC(=O)c2ncccc2C#CCN)s1. The van der Waals surface area contributed by atoms with Gasteiger partial charge < -0.3 is 5.73 Å². The van der Waals surface area contributed by atoms with E-state index >= 15 is 0 Å². The topological polar surface area (TPSA) is 93.8 Å². The zero-order valence-corrected chi connectivity index (χ0v) is 11.0. The van der Waals surface area contributed by atoms with Crippen LogP contribution in [-0.2, 0) is 0 Å². The van der Waals surface area contributed by atoms with E-state index in [4.69, 9.17) is 5.73 Å². The summed E-state index contributed by atoms with van der Waals surface area (Å²) in [7, 11) is 0. The maximum absolute atomic E-state index is 12.1. The Morgan fingerprint density at radius 1 is 1.53 bits per heavy atom. The minimum absolute atomic E-state index is 0.228. The van der Waals surface area contributed by atoms with Crippen molar-refractivity contribution in [2.24, 2.45) is 5.73 Å². The average Bonchev–Trinajstić information content (AvgIpc) is 2.82.